The van der Waals surface area contributed by atoms with Crippen molar-refractivity contribution in [3.63, 3.8) is 0 Å². The first-order chi connectivity index (χ1) is 149. The minimum atomic E-state index is -0.895. The van der Waals surface area contributed by atoms with Crippen LogP contribution in [0.1, 0.15) is 410 Å². The zero-order valence-electron chi connectivity index (χ0n) is 267. The summed E-state index contributed by atoms with van der Waals surface area (Å²) in [5.74, 6) is 3.08. The topological polar surface area (TPSA) is 222 Å². The highest BCUT2D eigenvalue weighted by atomic mass is 16.7. The molecule has 3 aliphatic heterocycles. The van der Waals surface area contributed by atoms with Crippen LogP contribution in [0.3, 0.4) is 0 Å². The summed E-state index contributed by atoms with van der Waals surface area (Å²) in [6.45, 7) is 34.7. The Labute approximate surface area is 788 Å². The quantitative estimate of drug-likeness (QED) is 0.0439. The molecule has 3 aliphatic rings. The van der Waals surface area contributed by atoms with E-state index in [9.17, 15) is 14.8 Å². The molecule has 9 rings (SSSR count). The first kappa shape index (κ1) is 8.81. The highest BCUT2D eigenvalue weighted by Gasteiger charge is 2.52. The van der Waals surface area contributed by atoms with E-state index < -0.39 is 32.6 Å². The number of hydrogen-bond donors (Lipinski definition) is 3. The number of carbonyl (C=O) groups excluding carboxylic acids is 1. The Bertz CT molecular complexity index is 3260. The summed E-state index contributed by atoms with van der Waals surface area (Å²) >= 11 is 0. The predicted octanol–water partition coefficient (Wildman–Crippen LogP) is 35.6. The lowest BCUT2D eigenvalue weighted by molar-refractivity contribution is 0.00578. The van der Waals surface area contributed by atoms with Crippen molar-refractivity contribution in [3.8, 4) is 52.5 Å². The van der Waals surface area contributed by atoms with Gasteiger partial charge in [0.05, 0.1) is 64.0 Å². The van der Waals surface area contributed by atoms with Crippen LogP contribution in [0.4, 0.5) is 17.1 Å². The fourth-order valence-corrected chi connectivity index (χ4v) is 7.34. The van der Waals surface area contributed by atoms with Crippen LogP contribution < -0.4 is 44.8 Å². The molecule has 6 heterocycles. The average Bonchev–Trinajstić information content (AvgIpc) is 1.61. The first-order valence-corrected chi connectivity index (χ1v) is 24.1. The van der Waals surface area contributed by atoms with Gasteiger partial charge in [-0.15, -0.1) is 0 Å². The third kappa shape index (κ3) is 13.6. The first-order valence-electron chi connectivity index (χ1n) is 136. The largest absolute Gasteiger partial charge is 0.495 e. The van der Waals surface area contributed by atoms with Gasteiger partial charge >= 0.3 is 21.4 Å². The maximum atomic E-state index is 11.7. The van der Waals surface area contributed by atoms with E-state index in [-0.39, 0.29) is 49.7 Å². The van der Waals surface area contributed by atoms with Crippen LogP contribution in [0.2, 0.25) is 0 Å². The van der Waals surface area contributed by atoms with E-state index >= 15 is 0 Å². The summed E-state index contributed by atoms with van der Waals surface area (Å²) in [7, 11) is -2.41. The summed E-state index contributed by atoms with van der Waals surface area (Å²) in [4.78, 5) is 34.5. The maximum absolute atomic E-state index is 11.7. The number of aliphatic hydroxyl groups excluding tert-OH is 1. The van der Waals surface area contributed by atoms with Gasteiger partial charge in [0.25, 0.3) is 0 Å². The van der Waals surface area contributed by atoms with Crippen molar-refractivity contribution in [2.75, 3.05) is 26.4 Å². The molecule has 6 aromatic rings. The third-order valence-corrected chi connectivity index (χ3v) is 11.9. The molecule has 0 atom stereocenters. The summed E-state index contributed by atoms with van der Waals surface area (Å²) in [5.41, 5.74) is 4.17. The molecular weight excluding hydrogens is 977 g/mol. The molecule has 1 saturated heterocycles. The molecule has 76 heavy (non-hydrogen) atoms. The molecule has 3 aromatic heterocycles. The number of pyridine rings is 3. The van der Waals surface area contributed by atoms with Crippen molar-refractivity contribution in [2.24, 2.45) is 0 Å². The molecule has 23 heteroatoms. The van der Waals surface area contributed by atoms with Crippen LogP contribution in [-0.2, 0) is 31.8 Å². The molecule has 0 saturated carbocycles. The van der Waals surface area contributed by atoms with Crippen LogP contribution in [-0.4, -0.2) is 95.4 Å². The summed E-state index contributed by atoms with van der Waals surface area (Å²) in [6, 6.07) is 25.2. The van der Waals surface area contributed by atoms with E-state index in [2.05, 4.69) is 29.5 Å². The molecule has 3 N–H and O–H groups in total. The van der Waals surface area contributed by atoms with E-state index in [1.165, 1.54) is 0 Å². The molecule has 0 spiro atoms. The summed E-state index contributed by atoms with van der Waals surface area (Å²) in [6.07, 6.45) is 2.38. The molecule has 614 valence electrons. The second kappa shape index (κ2) is 25.5. The molecular formula is C53H279B3N6O14. The van der Waals surface area contributed by atoms with Gasteiger partial charge in [0.15, 0.2) is 0 Å². The normalized spacial score (nSPS) is 26.1. The van der Waals surface area contributed by atoms with E-state index in [1.54, 1.807) is 84.9 Å². The van der Waals surface area contributed by atoms with E-state index in [0.29, 0.717) is 72.0 Å². The van der Waals surface area contributed by atoms with E-state index in [4.69, 9.17) is 404 Å². The Balaban J connectivity index is -0.0000000124. The van der Waals surface area contributed by atoms with Crippen LogP contribution >= 0.6 is 0 Å². The lowest BCUT2D eigenvalue weighted by atomic mass is 9.76. The lowest BCUT2D eigenvalue weighted by Gasteiger charge is -2.32. The standard InChI is InChI=1S/C22H25BN2O5.C16H15BN2O4.C15H13BN2O5.113H2/c1-7-12-27-20-18(24-6)10-11-19(25-20)28-16-8-9-17(15(13-16)14-26)23-29-21(2,3)22(4,5)30-23;1-3-8-21-16-14(18-2)6-7-15(19-16)23-12-4-5-13-11(9-12)10-22-17(13)20;1-17-13-4-5-14(18-15(13)21-7-6-19)23-11-2-3-12-10(8-11)9-22-16(12)20;;;;;;;;;;;;;;;;;;;;;;;;;;;;;;;;;;;;;;;;;;;;;;;;;;;;;;;;;;;;;;;;;;;;;;;;;;;;;;;;;;;;;;;;;;;;;;;;;;;;;;;;;;;;;;;;;/h8-11,13-14H,7,12H2,1-5H3;4-7,9,20H,3,8,10H2,1H3;2-5,8,19-20H,6-7,9H2;113*1H/i;;;112*1+1D;1+1. The average molecular weight is 1480 g/mol. The van der Waals surface area contributed by atoms with Crippen molar-refractivity contribution < 1.29 is 401 Å². The lowest BCUT2D eigenvalue weighted by Crippen LogP contribution is -2.41. The number of fused-ring (bicyclic) bond motifs is 2. The van der Waals surface area contributed by atoms with Crippen LogP contribution in [0.25, 0.3) is 14.5 Å². The number of aromatic nitrogens is 3. The molecule has 1 fully saturated rings. The zero-order valence-corrected chi connectivity index (χ0v) is 42.6. The predicted molar refractivity (Wildman–Crippen MR) is 520 cm³/mol. The minimum Gasteiger partial charge on any atom is -0.486 e. The molecule has 0 radical (unpaired) electrons. The van der Waals surface area contributed by atoms with Gasteiger partial charge in [-0.2, -0.15) is 15.0 Å². The van der Waals surface area contributed by atoms with Gasteiger partial charge in [0.1, 0.15) is 30.1 Å². The van der Waals surface area contributed by atoms with Gasteiger partial charge in [-0.3, -0.25) is 4.79 Å². The highest BCUT2D eigenvalue weighted by molar-refractivity contribution is 6.63. The molecule has 20 nitrogen and oxygen atoms in total. The van der Waals surface area contributed by atoms with Crippen molar-refractivity contribution >= 4 is 61.1 Å². The fourth-order valence-electron chi connectivity index (χ4n) is 7.34. The number of rotatable bonds is 17. The van der Waals surface area contributed by atoms with Crippen molar-refractivity contribution in [1.29, 1.82) is 0 Å². The number of nitrogens with zero attached hydrogens (tertiary/aromatic N) is 6. The number of hydrogen-bond acceptors (Lipinski definition) is 17. The van der Waals surface area contributed by atoms with E-state index in [0.717, 1.165) is 41.2 Å². The number of aliphatic hydroxyl groups is 1. The van der Waals surface area contributed by atoms with Crippen molar-refractivity contribution in [2.45, 2.75) is 78.8 Å². The summed E-state index contributed by atoms with van der Waals surface area (Å²) < 4.78 is 1180. The molecule has 0 unspecified atom stereocenters. The Morgan fingerprint density at radius 3 is 1.36 bits per heavy atom. The Morgan fingerprint density at radius 2 is 0.987 bits per heavy atom. The molecule has 3 aromatic carbocycles. The number of carbonyl (C=O) groups is 1. The van der Waals surface area contributed by atoms with Crippen LogP contribution in [0.5, 0.6) is 52.5 Å². The van der Waals surface area contributed by atoms with Gasteiger partial charge in [0.2, 0.25) is 52.3 Å². The van der Waals surface area contributed by atoms with Gasteiger partial charge in [-0.25, -0.2) is 14.5 Å². The van der Waals surface area contributed by atoms with Gasteiger partial charge in [-0.05, 0) is 141 Å². The van der Waals surface area contributed by atoms with Gasteiger partial charge in [-0.1, -0.05) is 32.0 Å². The SMILES string of the molecule is [2HH].[2H][2H].[2H][2H].[2H][2H].[2H][2H].[2H][2H].[2H][2H].[2H][2H].[2H][2H].[2H][2H].[2H][2H].[2H][2H].[2H][2H].[2H][2H].[2H][2H].[2H][2H].[2H][2H].[2H][2H].[2H][2H].[2H][2H].[2H][2H].[2H][2H].[2H][2H].[2H][2H].[2H][2H].[2H][2H].[2H][2H].[2H][2H].[2H][2H].[2H][2H].[2H][2H].[2H][2H].[2H][2H].[2H][2H].[2H][2H].[2H][2H].[2H][2H].[2H][2H].[2H][2H].[2H][2H].[2H][2H].[2H][2H].[2H][2H].[2H][2H].[2H][2H].[2H][2H].[2H][2H].[2H][2H].[2H][2H].[2H][2H].[2H][2H].[2H][2H].[2H][2H].[2H][2H].[2H][2H].[2H][2H].[2H][2H].[2H][2H].[2H][2H].[2H][2H].[2H][2H].[2H][2H].[2H][2H].[2H][2H].[2H][2H].[2H][2H].[2H][2H].[2H][2H].[2H][2H].[2H][2H].[2H][2H].[2H][2H].[2H][2H].[2H][2H].[2H][2H].[2H][2H].[2H][2H].[2H][2H].[2H][2H].[2H][2H].[2H][2H].[2H][2H].[2H][2H].[2H][2H].[2H][2H].[2H][2H].[2H][2H].[2H][2H].[2H][2H].[2H][2H].[2H][2H].[2H][2H].[2H][2H].[2H][2H].[2H][2H].[2H][2H].[2H][2H].[2H][2H].[2H][2H].[2H][2H].[2H][2H].[2H][2H].[2H][2H].[2H][2H].[2H][2H].[2H][2H].[2H][2H].[2H][2H].[2H][2H].[2H][2H].[2H][2H].[2H][2H].[2H][2H].[C-]#[N+]c1ccc(Oc2ccc(B3OC(C)(C)C(C)(C)O3)c(C=O)c2)nc1OCCC.[C-]#[N+]c1ccc(Oc2ccc3c(c2)COB3O)nc1OCCC.[C-]#[N+]c1ccc(Oc2ccc3c(c2)COB3O)nc1OCCO. The summed E-state index contributed by atoms with van der Waals surface area (Å²) in [5, 5.41) is 28.0. The van der Waals surface area contributed by atoms with Crippen LogP contribution in [0.15, 0.2) is 91.0 Å². The molecule has 0 bridgehead atoms. The van der Waals surface area contributed by atoms with Gasteiger partial charge in [0, 0.05) is 340 Å². The third-order valence-electron chi connectivity index (χ3n) is 11.9. The van der Waals surface area contributed by atoms with Gasteiger partial charge < -0.3 is 62.2 Å². The Kier molecular flexibility index (Phi) is 2.95. The number of ether oxygens (including phenoxy) is 6. The number of benzene rings is 3. The Morgan fingerprint density at radius 1 is 0.605 bits per heavy atom. The monoisotopic (exact) mass is 1480 g/mol. The van der Waals surface area contributed by atoms with Crippen molar-refractivity contribution in [1.82, 2.24) is 15.0 Å². The number of aldehydes is 1. The zero-order chi connectivity index (χ0) is 278. The highest BCUT2D eigenvalue weighted by Crippen LogP contribution is 2.38. The maximum Gasteiger partial charge on any atom is 0.495 e. The van der Waals surface area contributed by atoms with Crippen molar-refractivity contribution in [3.05, 3.63) is 142 Å². The molecule has 0 amide bonds. The minimum absolute atomic E-state index is 0. The Hall–Kier alpha value is -8.04. The van der Waals surface area contributed by atoms with Crippen LogP contribution in [0, 0.1) is 19.7 Å². The fraction of sp³-hybridized carbons (Fsp3) is 0.302. The smallest absolute Gasteiger partial charge is 0.486 e. The second-order valence-corrected chi connectivity index (χ2v) is 17.9. The second-order valence-electron chi connectivity index (χ2n) is 17.9. The molecule has 0 aliphatic carbocycles. The van der Waals surface area contributed by atoms with E-state index in [1.807, 2.05) is 47.6 Å².